The summed E-state index contributed by atoms with van der Waals surface area (Å²) in [5, 5.41) is 3.72. The minimum atomic E-state index is 0.508. The van der Waals surface area contributed by atoms with Crippen LogP contribution in [-0.4, -0.2) is 14.1 Å². The second-order valence-corrected chi connectivity index (χ2v) is 6.24. The van der Waals surface area contributed by atoms with Crippen LogP contribution in [0.25, 0.3) is 0 Å². The van der Waals surface area contributed by atoms with Gasteiger partial charge < -0.3 is 10.2 Å². The minimum absolute atomic E-state index is 0.508. The second kappa shape index (κ2) is 5.90. The van der Waals surface area contributed by atoms with E-state index in [2.05, 4.69) is 73.7 Å². The molecule has 110 valence electrons. The smallest absolute Gasteiger partial charge is 0.0361 e. The molecule has 0 heterocycles. The van der Waals surface area contributed by atoms with Crippen molar-refractivity contribution < 1.29 is 0 Å². The molecule has 0 aromatic heterocycles. The lowest BCUT2D eigenvalue weighted by Crippen LogP contribution is -2.18. The fourth-order valence-corrected chi connectivity index (χ4v) is 3.09. The summed E-state index contributed by atoms with van der Waals surface area (Å²) in [7, 11) is 4.15. The van der Waals surface area contributed by atoms with Gasteiger partial charge in [-0.3, -0.25) is 0 Å². The van der Waals surface area contributed by atoms with Gasteiger partial charge in [-0.15, -0.1) is 0 Å². The maximum absolute atomic E-state index is 3.72. The highest BCUT2D eigenvalue weighted by Gasteiger charge is 2.21. The molecule has 1 aliphatic carbocycles. The molecule has 2 heteroatoms. The number of benzene rings is 2. The predicted octanol–water partition coefficient (Wildman–Crippen LogP) is 3.84. The van der Waals surface area contributed by atoms with Crippen molar-refractivity contribution in [2.45, 2.75) is 32.4 Å². The topological polar surface area (TPSA) is 15.3 Å². The number of nitrogens with one attached hydrogen (secondary N) is 1. The Kier molecular flexibility index (Phi) is 3.98. The van der Waals surface area contributed by atoms with Gasteiger partial charge in [-0.05, 0) is 48.6 Å². The first kappa shape index (κ1) is 14.2. The highest BCUT2D eigenvalue weighted by Crippen LogP contribution is 2.32. The van der Waals surface area contributed by atoms with E-state index in [9.17, 15) is 0 Å². The van der Waals surface area contributed by atoms with Crippen LogP contribution in [-0.2, 0) is 13.0 Å². The van der Waals surface area contributed by atoms with Crippen molar-refractivity contribution >= 4 is 5.69 Å². The number of hydrogen-bond donors (Lipinski definition) is 1. The van der Waals surface area contributed by atoms with Crippen LogP contribution in [0.5, 0.6) is 0 Å². The molecule has 1 atom stereocenters. The Balaban J connectivity index is 1.65. The van der Waals surface area contributed by atoms with E-state index < -0.39 is 0 Å². The number of nitrogens with zero attached hydrogens (tertiary/aromatic N) is 1. The van der Waals surface area contributed by atoms with Crippen LogP contribution < -0.4 is 10.2 Å². The monoisotopic (exact) mass is 280 g/mol. The quantitative estimate of drug-likeness (QED) is 0.915. The van der Waals surface area contributed by atoms with Gasteiger partial charge in [-0.25, -0.2) is 0 Å². The molecular formula is C19H24N2. The van der Waals surface area contributed by atoms with Crippen LogP contribution in [0.2, 0.25) is 0 Å². The molecule has 0 amide bonds. The summed E-state index contributed by atoms with van der Waals surface area (Å²) in [6.45, 7) is 3.11. The Bertz CT molecular complexity index is 614. The fraction of sp³-hybridized carbons (Fsp3) is 0.368. The molecule has 1 aliphatic rings. The van der Waals surface area contributed by atoms with Crippen LogP contribution in [0.15, 0.2) is 42.5 Å². The summed E-state index contributed by atoms with van der Waals surface area (Å²) in [6.07, 6.45) is 2.42. The fourth-order valence-electron chi connectivity index (χ4n) is 3.09. The molecule has 2 aromatic carbocycles. The van der Waals surface area contributed by atoms with Gasteiger partial charge in [0.25, 0.3) is 0 Å². The third-order valence-corrected chi connectivity index (χ3v) is 4.38. The van der Waals surface area contributed by atoms with Gasteiger partial charge in [0.1, 0.15) is 0 Å². The molecule has 0 fully saturated rings. The highest BCUT2D eigenvalue weighted by molar-refractivity contribution is 5.46. The first-order chi connectivity index (χ1) is 10.1. The maximum atomic E-state index is 3.72. The molecule has 21 heavy (non-hydrogen) atoms. The first-order valence-corrected chi connectivity index (χ1v) is 7.72. The summed E-state index contributed by atoms with van der Waals surface area (Å²) >= 11 is 0. The van der Waals surface area contributed by atoms with E-state index >= 15 is 0 Å². The standard InChI is InChI=1S/C19H24N2/c1-14-4-7-16-8-11-19(18(16)12-14)20-13-15-5-9-17(10-6-15)21(2)3/h4-7,9-10,12,19-20H,8,11,13H2,1-3H3. The lowest BCUT2D eigenvalue weighted by atomic mass is 10.0. The Labute approximate surface area is 127 Å². The molecule has 2 aromatic rings. The molecule has 0 saturated heterocycles. The molecule has 3 rings (SSSR count). The van der Waals surface area contributed by atoms with Crippen LogP contribution in [0.1, 0.15) is 34.7 Å². The van der Waals surface area contributed by atoms with Crippen molar-refractivity contribution in [3.05, 3.63) is 64.7 Å². The summed E-state index contributed by atoms with van der Waals surface area (Å²) < 4.78 is 0. The van der Waals surface area contributed by atoms with Crippen molar-refractivity contribution in [3.63, 3.8) is 0 Å². The SMILES string of the molecule is Cc1ccc2c(c1)C(NCc1ccc(N(C)C)cc1)CC2. The molecule has 0 bridgehead atoms. The normalized spacial score (nSPS) is 16.8. The lowest BCUT2D eigenvalue weighted by molar-refractivity contribution is 0.530. The van der Waals surface area contributed by atoms with E-state index in [0.717, 1.165) is 6.54 Å². The zero-order valence-electron chi connectivity index (χ0n) is 13.2. The molecule has 1 N–H and O–H groups in total. The maximum Gasteiger partial charge on any atom is 0.0361 e. The molecule has 0 spiro atoms. The van der Waals surface area contributed by atoms with Crippen molar-refractivity contribution in [1.29, 1.82) is 0 Å². The summed E-state index contributed by atoms with van der Waals surface area (Å²) in [6, 6.07) is 16.2. The van der Waals surface area contributed by atoms with Gasteiger partial charge in [-0.1, -0.05) is 35.9 Å². The average Bonchev–Trinajstić information content (AvgIpc) is 2.88. The average molecular weight is 280 g/mol. The molecule has 2 nitrogen and oxygen atoms in total. The molecule has 0 saturated carbocycles. The molecule has 0 radical (unpaired) electrons. The Hall–Kier alpha value is -1.80. The van der Waals surface area contributed by atoms with E-state index in [1.807, 2.05) is 0 Å². The predicted molar refractivity (Wildman–Crippen MR) is 89.8 cm³/mol. The van der Waals surface area contributed by atoms with Crippen molar-refractivity contribution in [3.8, 4) is 0 Å². The number of anilines is 1. The van der Waals surface area contributed by atoms with E-state index in [-0.39, 0.29) is 0 Å². The largest absolute Gasteiger partial charge is 0.378 e. The third kappa shape index (κ3) is 3.11. The second-order valence-electron chi connectivity index (χ2n) is 6.24. The number of hydrogen-bond acceptors (Lipinski definition) is 2. The van der Waals surface area contributed by atoms with Crippen LogP contribution in [0.3, 0.4) is 0 Å². The zero-order chi connectivity index (χ0) is 14.8. The zero-order valence-corrected chi connectivity index (χ0v) is 13.2. The number of fused-ring (bicyclic) bond motifs is 1. The Morgan fingerprint density at radius 3 is 2.57 bits per heavy atom. The Morgan fingerprint density at radius 1 is 1.10 bits per heavy atom. The molecular weight excluding hydrogens is 256 g/mol. The van der Waals surface area contributed by atoms with Crippen LogP contribution in [0.4, 0.5) is 5.69 Å². The number of aryl methyl sites for hydroxylation is 2. The third-order valence-electron chi connectivity index (χ3n) is 4.38. The van der Waals surface area contributed by atoms with Gasteiger partial charge in [0.05, 0.1) is 0 Å². The van der Waals surface area contributed by atoms with Crippen LogP contribution in [0, 0.1) is 6.92 Å². The minimum Gasteiger partial charge on any atom is -0.378 e. The Morgan fingerprint density at radius 2 is 1.86 bits per heavy atom. The first-order valence-electron chi connectivity index (χ1n) is 7.72. The van der Waals surface area contributed by atoms with Crippen molar-refractivity contribution in [2.24, 2.45) is 0 Å². The number of rotatable bonds is 4. The van der Waals surface area contributed by atoms with Gasteiger partial charge in [0, 0.05) is 32.4 Å². The van der Waals surface area contributed by atoms with Crippen molar-refractivity contribution in [2.75, 3.05) is 19.0 Å². The summed E-state index contributed by atoms with van der Waals surface area (Å²) in [4.78, 5) is 2.13. The van der Waals surface area contributed by atoms with Gasteiger partial charge >= 0.3 is 0 Å². The van der Waals surface area contributed by atoms with E-state index in [1.165, 1.54) is 40.8 Å². The summed E-state index contributed by atoms with van der Waals surface area (Å²) in [5.74, 6) is 0. The van der Waals surface area contributed by atoms with Crippen LogP contribution >= 0.6 is 0 Å². The summed E-state index contributed by atoms with van der Waals surface area (Å²) in [5.41, 5.74) is 6.97. The van der Waals surface area contributed by atoms with E-state index in [0.29, 0.717) is 6.04 Å². The van der Waals surface area contributed by atoms with Gasteiger partial charge in [-0.2, -0.15) is 0 Å². The van der Waals surface area contributed by atoms with Crippen molar-refractivity contribution in [1.82, 2.24) is 5.32 Å². The van der Waals surface area contributed by atoms with E-state index in [1.54, 1.807) is 0 Å². The highest BCUT2D eigenvalue weighted by atomic mass is 15.1. The molecule has 1 unspecified atom stereocenters. The molecule has 0 aliphatic heterocycles. The van der Waals surface area contributed by atoms with Gasteiger partial charge in [0.2, 0.25) is 0 Å². The van der Waals surface area contributed by atoms with E-state index in [4.69, 9.17) is 0 Å². The lowest BCUT2D eigenvalue weighted by Gasteiger charge is -2.16. The van der Waals surface area contributed by atoms with Gasteiger partial charge in [0.15, 0.2) is 0 Å².